The Labute approximate surface area is 526 Å². The van der Waals surface area contributed by atoms with Crippen LogP contribution in [0.1, 0.15) is 137 Å². The average molecular weight is 1240 g/mol. The number of aliphatic hydroxyl groups excluding tert-OH is 1. The van der Waals surface area contributed by atoms with E-state index in [1.54, 1.807) is 24.0 Å². The number of halogens is 1. The minimum Gasteiger partial charge on any atom is -0.486 e. The predicted octanol–water partition coefficient (Wildman–Crippen LogP) is 9.60. The molecule has 2 amide bonds. The van der Waals surface area contributed by atoms with Crippen LogP contribution in [0, 0.1) is 18.7 Å². The summed E-state index contributed by atoms with van der Waals surface area (Å²) in [5.41, 5.74) is 9.21. The first-order valence-corrected chi connectivity index (χ1v) is 32.9. The molecule has 5 aliphatic rings. The molecule has 1 saturated carbocycles. The zero-order valence-corrected chi connectivity index (χ0v) is 52.2. The van der Waals surface area contributed by atoms with Crippen molar-refractivity contribution >= 4 is 61.2 Å². The van der Waals surface area contributed by atoms with Crippen LogP contribution < -0.4 is 36.3 Å². The summed E-state index contributed by atoms with van der Waals surface area (Å²) in [5, 5.41) is 44.7. The van der Waals surface area contributed by atoms with E-state index in [-0.39, 0.29) is 79.3 Å². The van der Waals surface area contributed by atoms with Gasteiger partial charge in [-0.05, 0) is 148 Å². The number of pyridine rings is 1. The lowest BCUT2D eigenvalue weighted by molar-refractivity contribution is -0.142. The minimum absolute atomic E-state index is 0.0263. The molecule has 4 aromatic carbocycles. The smallest absolute Gasteiger partial charge is 0.319 e. The number of nitrogens with one attached hydrogen (secondary N) is 6. The van der Waals surface area contributed by atoms with E-state index in [1.807, 2.05) is 49.0 Å². The molecule has 14 rings (SSSR count). The van der Waals surface area contributed by atoms with Gasteiger partial charge in [-0.15, -0.1) is 0 Å². The molecule has 0 radical (unpaired) electrons. The van der Waals surface area contributed by atoms with Crippen molar-refractivity contribution in [2.75, 3.05) is 51.3 Å². The van der Waals surface area contributed by atoms with Gasteiger partial charge in [0.2, 0.25) is 11.8 Å². The molecule has 9 aromatic rings. The minimum atomic E-state index is -0.930. The summed E-state index contributed by atoms with van der Waals surface area (Å²) in [6.45, 7) is 13.2. The summed E-state index contributed by atoms with van der Waals surface area (Å²) >= 11 is 0. The number of likely N-dealkylation sites (tertiary alicyclic amines) is 1. The number of H-pyrrole nitrogens is 2. The third kappa shape index (κ3) is 12.1. The molecule has 4 aliphatic heterocycles. The maximum Gasteiger partial charge on any atom is 0.319 e. The second-order valence-corrected chi connectivity index (χ2v) is 26.0. The zero-order chi connectivity index (χ0) is 62.4. The number of anilines is 1. The van der Waals surface area contributed by atoms with E-state index < -0.39 is 23.7 Å². The van der Waals surface area contributed by atoms with Crippen LogP contribution in [0.15, 0.2) is 78.0 Å². The number of aromatic nitrogens is 9. The molecule has 0 unspecified atom stereocenters. The molecule has 5 fully saturated rings. The molecule has 1 aliphatic carbocycles. The van der Waals surface area contributed by atoms with Crippen molar-refractivity contribution in [3.8, 4) is 34.1 Å². The highest BCUT2D eigenvalue weighted by Gasteiger charge is 2.43. The average Bonchev–Trinajstić information content (AvgIpc) is 1.73. The van der Waals surface area contributed by atoms with Crippen LogP contribution in [-0.4, -0.2) is 137 Å². The summed E-state index contributed by atoms with van der Waals surface area (Å²) in [5.74, 6) is 0.133. The van der Waals surface area contributed by atoms with Gasteiger partial charge in [-0.2, -0.15) is 25.3 Å². The molecule has 5 aromatic heterocycles. The number of aryl methyl sites for hydroxylation is 1. The Balaban J connectivity index is 0.774. The quantitative estimate of drug-likeness (QED) is 0.0398. The highest BCUT2D eigenvalue weighted by atomic mass is 19.1. The molecular formula is C69H81FN14O7. The van der Waals surface area contributed by atoms with Crippen molar-refractivity contribution in [3.63, 3.8) is 0 Å². The maximum absolute atomic E-state index is 16.3. The molecule has 22 heteroatoms. The van der Waals surface area contributed by atoms with Gasteiger partial charge in [-0.1, -0.05) is 51.0 Å². The van der Waals surface area contributed by atoms with Gasteiger partial charge in [0.05, 0.1) is 36.7 Å². The number of benzene rings is 4. The summed E-state index contributed by atoms with van der Waals surface area (Å²) in [4.78, 5) is 58.6. The fourth-order valence-electron chi connectivity index (χ4n) is 14.5. The van der Waals surface area contributed by atoms with E-state index in [2.05, 4.69) is 72.7 Å². The van der Waals surface area contributed by atoms with Crippen LogP contribution >= 0.6 is 0 Å². The van der Waals surface area contributed by atoms with E-state index in [9.17, 15) is 14.7 Å². The van der Waals surface area contributed by atoms with Crippen LogP contribution in [0.5, 0.6) is 11.8 Å². The topological polar surface area (TPSA) is 256 Å². The van der Waals surface area contributed by atoms with Crippen LogP contribution in [0.3, 0.4) is 0 Å². The Morgan fingerprint density at radius 2 is 1.70 bits per heavy atom. The molecule has 21 nitrogen and oxygen atoms in total. The summed E-state index contributed by atoms with van der Waals surface area (Å²) < 4.78 is 39.4. The number of piperidine rings is 1. The molecule has 9 heterocycles. The number of β-amino-alcohol motifs (C(OH)–C–C–N with tert-alkyl or cyclic N) is 1. The van der Waals surface area contributed by atoms with Gasteiger partial charge in [0.15, 0.2) is 11.3 Å². The van der Waals surface area contributed by atoms with E-state index >= 15 is 9.18 Å². The van der Waals surface area contributed by atoms with Crippen molar-refractivity contribution in [1.29, 1.82) is 0 Å². The number of carbonyl (C=O) groups is 2. The van der Waals surface area contributed by atoms with E-state index in [1.165, 1.54) is 23.0 Å². The second-order valence-electron chi connectivity index (χ2n) is 26.0. The number of fused-ring (bicyclic) bond motifs is 5. The van der Waals surface area contributed by atoms with E-state index in [0.717, 1.165) is 115 Å². The normalized spacial score (nSPS) is 19.9. The molecular weight excluding hydrogens is 1160 g/mol. The van der Waals surface area contributed by atoms with Crippen LogP contribution in [0.25, 0.3) is 66.0 Å². The van der Waals surface area contributed by atoms with Crippen molar-refractivity contribution in [2.24, 2.45) is 5.92 Å². The molecule has 0 spiro atoms. The van der Waals surface area contributed by atoms with Crippen LogP contribution in [0.2, 0.25) is 0 Å². The lowest BCUT2D eigenvalue weighted by atomic mass is 9.85. The van der Waals surface area contributed by atoms with Crippen LogP contribution in [-0.2, 0) is 34.0 Å². The van der Waals surface area contributed by atoms with E-state index in [4.69, 9.17) is 29.3 Å². The summed E-state index contributed by atoms with van der Waals surface area (Å²) in [6.07, 6.45) is 14.0. The first kappa shape index (κ1) is 60.3. The van der Waals surface area contributed by atoms with Gasteiger partial charge in [-0.25, -0.2) is 4.39 Å². The third-order valence-corrected chi connectivity index (χ3v) is 19.5. The Hall–Kier alpha value is -8.31. The van der Waals surface area contributed by atoms with Gasteiger partial charge >= 0.3 is 6.01 Å². The SMILES string of the molecule is CCn1nccc1-c1ccc(CNC(=O)[C@@H]2C[C@@H](O)CN2C(=O)[C@H](C(C)C)n2cc3c(n2)c(=O)[nH]c2cc(COc4c(-c5c(C)c(F)cc6[nH]ncc56)c(C5CC5)cc5c(NC[C@@H]6CCCCCN6)nc(OC6CCOCC6)nc45)ccc23)c(C2CCNCC2)c1. The summed E-state index contributed by atoms with van der Waals surface area (Å²) in [7, 11) is 0. The Kier molecular flexibility index (Phi) is 17.1. The van der Waals surface area contributed by atoms with Crippen LogP contribution in [0.4, 0.5) is 10.2 Å². The number of amides is 2. The maximum atomic E-state index is 16.3. The number of aromatic amines is 2. The van der Waals surface area contributed by atoms with Gasteiger partial charge in [-0.3, -0.25) is 28.8 Å². The van der Waals surface area contributed by atoms with Gasteiger partial charge < -0.3 is 50.5 Å². The van der Waals surface area contributed by atoms with Crippen molar-refractivity contribution in [2.45, 2.75) is 160 Å². The molecule has 0 bridgehead atoms. The van der Waals surface area contributed by atoms with Crippen molar-refractivity contribution in [1.82, 2.24) is 65.6 Å². The Morgan fingerprint density at radius 3 is 2.52 bits per heavy atom. The largest absolute Gasteiger partial charge is 0.486 e. The number of hydrogen-bond donors (Lipinski definition) is 7. The Morgan fingerprint density at radius 1 is 0.868 bits per heavy atom. The first-order chi connectivity index (χ1) is 44.3. The fourth-order valence-corrected chi connectivity index (χ4v) is 14.5. The zero-order valence-electron chi connectivity index (χ0n) is 52.2. The number of hydrogen-bond acceptors (Lipinski definition) is 15. The van der Waals surface area contributed by atoms with Gasteiger partial charge in [0.1, 0.15) is 41.9 Å². The number of aliphatic hydroxyl groups is 1. The fraction of sp³-hybridized carbons (Fsp3) is 0.478. The number of nitrogens with zero attached hydrogens (tertiary/aromatic N) is 8. The lowest BCUT2D eigenvalue weighted by Crippen LogP contribution is -2.49. The lowest BCUT2D eigenvalue weighted by Gasteiger charge is -2.30. The third-order valence-electron chi connectivity index (χ3n) is 19.5. The standard InChI is InChI=1S/C69H81FN14O7/c1-5-83-57(18-24-76-83)43-13-14-44(49(28-43)42-16-22-71-23-17-42)32-74-66(86)58-29-46(85)35-82(58)68(88)63(38(2)3)84-36-53-48-15-10-40(27-55(48)77-67(87)62(53)81-84)37-90-64-60(59-39(4)54(70)31-56-52(59)34-75-80-56)50(41-11-12-41)30-51-61(64)78-69(91-47-19-25-89-26-20-47)79-65(51)73-33-45-9-7-6-8-21-72-45/h10,13-15,18,24,27-28,30-31,34,36,38,41-42,45-47,58,63,71-72,85H,5-9,11-12,16-17,19-23,25-26,29,32-33,35,37H2,1-4H3,(H,74,86)(H,75,80)(H,77,87)(H,73,78,79)/t45-,46+,58-,63-/m0/s1. The highest BCUT2D eigenvalue weighted by molar-refractivity contribution is 6.07. The highest BCUT2D eigenvalue weighted by Crippen LogP contribution is 2.53. The second kappa shape index (κ2) is 25.8. The number of ether oxygens (including phenoxy) is 3. The molecule has 4 atom stereocenters. The van der Waals surface area contributed by atoms with Crippen molar-refractivity contribution < 1.29 is 33.3 Å². The number of rotatable bonds is 19. The van der Waals surface area contributed by atoms with Gasteiger partial charge in [0, 0.05) is 108 Å². The first-order valence-electron chi connectivity index (χ1n) is 32.9. The summed E-state index contributed by atoms with van der Waals surface area (Å²) in [6, 6.07) is 16.4. The molecule has 91 heavy (non-hydrogen) atoms. The van der Waals surface area contributed by atoms with E-state index in [0.29, 0.717) is 88.5 Å². The monoisotopic (exact) mass is 1240 g/mol. The van der Waals surface area contributed by atoms with Gasteiger partial charge in [0.25, 0.3) is 5.56 Å². The number of carbonyl (C=O) groups excluding carboxylic acids is 2. The molecule has 4 saturated heterocycles. The Bertz CT molecular complexity index is 4250. The molecule has 476 valence electrons. The van der Waals surface area contributed by atoms with Crippen molar-refractivity contribution in [3.05, 3.63) is 117 Å². The molecule has 7 N–H and O–H groups in total. The predicted molar refractivity (Wildman–Crippen MR) is 347 cm³/mol.